The summed E-state index contributed by atoms with van der Waals surface area (Å²) in [6, 6.07) is 4.41. The summed E-state index contributed by atoms with van der Waals surface area (Å²) >= 11 is 6.52. The summed E-state index contributed by atoms with van der Waals surface area (Å²) in [6.45, 7) is 1.38. The molecule has 0 bridgehead atoms. The van der Waals surface area contributed by atoms with E-state index in [1.54, 1.807) is 6.07 Å². The quantitative estimate of drug-likeness (QED) is 0.794. The molecule has 0 aliphatic heterocycles. The lowest BCUT2D eigenvalue weighted by Crippen LogP contribution is -1.99. The van der Waals surface area contributed by atoms with Gasteiger partial charge in [-0.3, -0.25) is 4.79 Å². The van der Waals surface area contributed by atoms with Gasteiger partial charge in [-0.25, -0.2) is 4.79 Å². The number of halogens is 1. The van der Waals surface area contributed by atoms with E-state index >= 15 is 0 Å². The molecule has 14 heavy (non-hydrogen) atoms. The smallest absolute Gasteiger partial charge is 0.336 e. The van der Waals surface area contributed by atoms with Crippen LogP contribution in [0.1, 0.15) is 17.3 Å². The van der Waals surface area contributed by atoms with Crippen molar-refractivity contribution < 1.29 is 14.7 Å². The highest BCUT2D eigenvalue weighted by Crippen LogP contribution is 2.26. The number of thioether (sulfide) groups is 1. The standard InChI is InChI=1S/C9H7ClO3S/c1-5(11)14-8-3-2-6(10)4-7(8)9(12)13/h2-4H,1H3,(H,12,13). The van der Waals surface area contributed by atoms with Crippen LogP contribution in [0.15, 0.2) is 23.1 Å². The lowest BCUT2D eigenvalue weighted by molar-refractivity contribution is -0.109. The van der Waals surface area contributed by atoms with Gasteiger partial charge >= 0.3 is 5.97 Å². The van der Waals surface area contributed by atoms with Crippen molar-refractivity contribution in [3.8, 4) is 0 Å². The molecule has 0 aromatic heterocycles. The summed E-state index contributed by atoms with van der Waals surface area (Å²) in [4.78, 5) is 22.0. The second-order valence-electron chi connectivity index (χ2n) is 2.54. The van der Waals surface area contributed by atoms with Crippen molar-refractivity contribution in [1.82, 2.24) is 0 Å². The number of carboxylic acids is 1. The first-order valence-electron chi connectivity index (χ1n) is 3.72. The average Bonchev–Trinajstić information content (AvgIpc) is 2.07. The summed E-state index contributed by atoms with van der Waals surface area (Å²) in [7, 11) is 0. The van der Waals surface area contributed by atoms with Crippen molar-refractivity contribution in [1.29, 1.82) is 0 Å². The van der Waals surface area contributed by atoms with Crippen LogP contribution in [0.3, 0.4) is 0 Å². The summed E-state index contributed by atoms with van der Waals surface area (Å²) in [5.41, 5.74) is 0.0534. The molecule has 1 rings (SSSR count). The fourth-order valence-electron chi connectivity index (χ4n) is 0.913. The Kier molecular flexibility index (Phi) is 3.55. The van der Waals surface area contributed by atoms with Crippen molar-refractivity contribution in [3.63, 3.8) is 0 Å². The number of aromatic carboxylic acids is 1. The van der Waals surface area contributed by atoms with Gasteiger partial charge in [-0.1, -0.05) is 23.4 Å². The second kappa shape index (κ2) is 4.48. The van der Waals surface area contributed by atoms with E-state index in [0.717, 1.165) is 11.8 Å². The second-order valence-corrected chi connectivity index (χ2v) is 4.19. The lowest BCUT2D eigenvalue weighted by atomic mass is 10.2. The number of benzene rings is 1. The van der Waals surface area contributed by atoms with E-state index < -0.39 is 5.97 Å². The van der Waals surface area contributed by atoms with Crippen molar-refractivity contribution >= 4 is 34.4 Å². The van der Waals surface area contributed by atoms with Crippen LogP contribution >= 0.6 is 23.4 Å². The van der Waals surface area contributed by atoms with Crippen LogP contribution in [0, 0.1) is 0 Å². The summed E-state index contributed by atoms with van der Waals surface area (Å²) in [5.74, 6) is -1.09. The number of hydrogen-bond acceptors (Lipinski definition) is 3. The molecule has 3 nitrogen and oxygen atoms in total. The Bertz CT molecular complexity index is 390. The fraction of sp³-hybridized carbons (Fsp3) is 0.111. The van der Waals surface area contributed by atoms with Crippen molar-refractivity contribution in [3.05, 3.63) is 28.8 Å². The molecule has 1 N–H and O–H groups in total. The zero-order chi connectivity index (χ0) is 10.7. The Labute approximate surface area is 90.1 Å². The largest absolute Gasteiger partial charge is 0.478 e. The van der Waals surface area contributed by atoms with E-state index in [1.165, 1.54) is 19.1 Å². The van der Waals surface area contributed by atoms with Crippen LogP contribution in [0.5, 0.6) is 0 Å². The first kappa shape index (κ1) is 11.1. The predicted molar refractivity (Wildman–Crippen MR) is 54.9 cm³/mol. The minimum absolute atomic E-state index is 0.0534. The lowest BCUT2D eigenvalue weighted by Gasteiger charge is -2.03. The Morgan fingerprint density at radius 3 is 2.57 bits per heavy atom. The Balaban J connectivity index is 3.14. The van der Waals surface area contributed by atoms with E-state index in [0.29, 0.717) is 9.92 Å². The van der Waals surface area contributed by atoms with Gasteiger partial charge in [-0.05, 0) is 18.2 Å². The molecule has 0 unspecified atom stereocenters. The molecule has 1 aromatic carbocycles. The molecule has 0 aliphatic carbocycles. The first-order valence-corrected chi connectivity index (χ1v) is 4.91. The SMILES string of the molecule is CC(=O)Sc1ccc(Cl)cc1C(=O)O. The Morgan fingerprint density at radius 2 is 2.07 bits per heavy atom. The molecule has 0 amide bonds. The van der Waals surface area contributed by atoms with Gasteiger partial charge in [0.2, 0.25) is 0 Å². The van der Waals surface area contributed by atoms with Gasteiger partial charge < -0.3 is 5.11 Å². The highest BCUT2D eigenvalue weighted by molar-refractivity contribution is 8.13. The molecular formula is C9H7ClO3S. The number of rotatable bonds is 2. The number of hydrogen-bond donors (Lipinski definition) is 1. The van der Waals surface area contributed by atoms with Crippen LogP contribution in [0.4, 0.5) is 0 Å². The molecule has 74 valence electrons. The normalized spacial score (nSPS) is 9.86. The molecule has 0 spiro atoms. The third-order valence-electron chi connectivity index (χ3n) is 1.43. The van der Waals surface area contributed by atoms with E-state index in [4.69, 9.17) is 16.7 Å². The highest BCUT2D eigenvalue weighted by atomic mass is 35.5. The van der Waals surface area contributed by atoms with Crippen molar-refractivity contribution in [2.24, 2.45) is 0 Å². The fourth-order valence-corrected chi connectivity index (χ4v) is 1.79. The Morgan fingerprint density at radius 1 is 1.43 bits per heavy atom. The molecule has 0 saturated carbocycles. The predicted octanol–water partition coefficient (Wildman–Crippen LogP) is 2.68. The van der Waals surface area contributed by atoms with Gasteiger partial charge in [0.25, 0.3) is 0 Å². The van der Waals surface area contributed by atoms with Crippen LogP contribution in [0.2, 0.25) is 5.02 Å². The maximum Gasteiger partial charge on any atom is 0.336 e. The summed E-state index contributed by atoms with van der Waals surface area (Å²) < 4.78 is 0. The maximum absolute atomic E-state index is 10.8. The average molecular weight is 231 g/mol. The zero-order valence-electron chi connectivity index (χ0n) is 7.28. The number of carbonyl (C=O) groups is 2. The minimum Gasteiger partial charge on any atom is -0.478 e. The van der Waals surface area contributed by atoms with Crippen LogP contribution in [-0.2, 0) is 4.79 Å². The van der Waals surface area contributed by atoms with Crippen LogP contribution < -0.4 is 0 Å². The highest BCUT2D eigenvalue weighted by Gasteiger charge is 2.12. The maximum atomic E-state index is 10.8. The third kappa shape index (κ3) is 2.75. The zero-order valence-corrected chi connectivity index (χ0v) is 8.85. The molecule has 5 heteroatoms. The molecule has 1 aromatic rings. The molecular weight excluding hydrogens is 224 g/mol. The van der Waals surface area contributed by atoms with Gasteiger partial charge in [-0.2, -0.15) is 0 Å². The molecule has 0 saturated heterocycles. The molecule has 0 fully saturated rings. The monoisotopic (exact) mass is 230 g/mol. The Hall–Kier alpha value is -1.00. The van der Waals surface area contributed by atoms with Crippen molar-refractivity contribution in [2.75, 3.05) is 0 Å². The van der Waals surface area contributed by atoms with Crippen LogP contribution in [-0.4, -0.2) is 16.2 Å². The van der Waals surface area contributed by atoms with Crippen molar-refractivity contribution in [2.45, 2.75) is 11.8 Å². The topological polar surface area (TPSA) is 54.4 Å². The van der Waals surface area contributed by atoms with E-state index in [9.17, 15) is 9.59 Å². The van der Waals surface area contributed by atoms with E-state index in [-0.39, 0.29) is 10.7 Å². The molecule has 0 radical (unpaired) electrons. The van der Waals surface area contributed by atoms with Crippen LogP contribution in [0.25, 0.3) is 0 Å². The van der Waals surface area contributed by atoms with Gasteiger partial charge in [-0.15, -0.1) is 0 Å². The summed E-state index contributed by atoms with van der Waals surface area (Å²) in [5, 5.41) is 9.01. The summed E-state index contributed by atoms with van der Waals surface area (Å²) in [6.07, 6.45) is 0. The van der Waals surface area contributed by atoms with E-state index in [1.807, 2.05) is 0 Å². The van der Waals surface area contributed by atoms with Gasteiger partial charge in [0, 0.05) is 16.8 Å². The van der Waals surface area contributed by atoms with Gasteiger partial charge in [0.15, 0.2) is 5.12 Å². The number of carbonyl (C=O) groups excluding carboxylic acids is 1. The molecule has 0 atom stereocenters. The molecule has 0 aliphatic rings. The van der Waals surface area contributed by atoms with Gasteiger partial charge in [0.1, 0.15) is 0 Å². The van der Waals surface area contributed by atoms with E-state index in [2.05, 4.69) is 0 Å². The third-order valence-corrected chi connectivity index (χ3v) is 2.52. The number of carboxylic acid groups (broad SMARTS) is 1. The molecule has 0 heterocycles. The van der Waals surface area contributed by atoms with Gasteiger partial charge in [0.05, 0.1) is 5.56 Å². The first-order chi connectivity index (χ1) is 6.50. The minimum atomic E-state index is -1.09.